The van der Waals surface area contributed by atoms with E-state index >= 15 is 0 Å². The van der Waals surface area contributed by atoms with Gasteiger partial charge in [0.25, 0.3) is 5.79 Å². The Hall–Kier alpha value is -1.22. The van der Waals surface area contributed by atoms with Crippen LogP contribution in [0.4, 0.5) is 0 Å². The molecule has 2 fully saturated rings. The van der Waals surface area contributed by atoms with E-state index in [1.807, 2.05) is 0 Å². The van der Waals surface area contributed by atoms with Crippen LogP contribution in [0.15, 0.2) is 18.2 Å². The van der Waals surface area contributed by atoms with E-state index in [1.165, 1.54) is 44.1 Å². The van der Waals surface area contributed by atoms with Crippen molar-refractivity contribution in [1.82, 2.24) is 0 Å². The van der Waals surface area contributed by atoms with Crippen LogP contribution in [0.1, 0.15) is 56.9 Å². The van der Waals surface area contributed by atoms with Gasteiger partial charge in [0.15, 0.2) is 11.5 Å². The molecule has 20 heavy (non-hydrogen) atoms. The maximum Gasteiger partial charge on any atom is 0.251 e. The highest BCUT2D eigenvalue weighted by atomic mass is 16.7. The molecule has 108 valence electrons. The van der Waals surface area contributed by atoms with E-state index in [0.29, 0.717) is 0 Å². The molecule has 3 nitrogen and oxygen atoms in total. The van der Waals surface area contributed by atoms with Gasteiger partial charge in [0.1, 0.15) is 0 Å². The third-order valence-corrected chi connectivity index (χ3v) is 5.46. The minimum absolute atomic E-state index is 0.170. The fourth-order valence-electron chi connectivity index (χ4n) is 4.20. The Morgan fingerprint density at radius 3 is 2.25 bits per heavy atom. The van der Waals surface area contributed by atoms with Crippen LogP contribution in [0.25, 0.3) is 0 Å². The van der Waals surface area contributed by atoms with E-state index < -0.39 is 0 Å². The van der Waals surface area contributed by atoms with Crippen LogP contribution in [-0.2, 0) is 5.41 Å². The second-order valence-electron chi connectivity index (χ2n) is 6.67. The van der Waals surface area contributed by atoms with E-state index in [-0.39, 0.29) is 11.2 Å². The molecule has 1 spiro atoms. The van der Waals surface area contributed by atoms with Gasteiger partial charge < -0.3 is 15.2 Å². The number of fused-ring (bicyclic) bond motifs is 1. The highest BCUT2D eigenvalue weighted by Crippen LogP contribution is 2.49. The summed E-state index contributed by atoms with van der Waals surface area (Å²) in [5.41, 5.74) is 7.60. The van der Waals surface area contributed by atoms with Crippen molar-refractivity contribution < 1.29 is 9.47 Å². The number of hydrogen-bond acceptors (Lipinski definition) is 3. The number of nitrogens with two attached hydrogens (primary N) is 1. The molecule has 0 bridgehead atoms. The number of hydrogen-bond donors (Lipinski definition) is 1. The Balaban J connectivity index is 1.66. The molecule has 1 aliphatic heterocycles. The lowest BCUT2D eigenvalue weighted by Crippen LogP contribution is -2.34. The fraction of sp³-hybridized carbons (Fsp3) is 0.647. The van der Waals surface area contributed by atoms with E-state index in [2.05, 4.69) is 18.2 Å². The van der Waals surface area contributed by atoms with Crippen molar-refractivity contribution in [3.8, 4) is 11.5 Å². The average Bonchev–Trinajstić information content (AvgIpc) is 3.18. The van der Waals surface area contributed by atoms with Crippen LogP contribution in [0.2, 0.25) is 0 Å². The zero-order chi connectivity index (χ0) is 13.6. The van der Waals surface area contributed by atoms with Crippen molar-refractivity contribution in [3.05, 3.63) is 23.8 Å². The molecule has 0 amide bonds. The zero-order valence-electron chi connectivity index (χ0n) is 12.0. The summed E-state index contributed by atoms with van der Waals surface area (Å²) in [6.45, 7) is 0.734. The van der Waals surface area contributed by atoms with E-state index in [4.69, 9.17) is 15.2 Å². The molecule has 3 aliphatic rings. The maximum atomic E-state index is 6.18. The molecule has 2 aliphatic carbocycles. The minimum atomic E-state index is -0.355. The number of ether oxygens (including phenoxy) is 2. The highest BCUT2D eigenvalue weighted by Gasteiger charge is 2.45. The van der Waals surface area contributed by atoms with Gasteiger partial charge in [0.05, 0.1) is 0 Å². The first-order valence-corrected chi connectivity index (χ1v) is 7.98. The monoisotopic (exact) mass is 273 g/mol. The predicted molar refractivity (Wildman–Crippen MR) is 78.1 cm³/mol. The van der Waals surface area contributed by atoms with Crippen molar-refractivity contribution in [2.45, 2.75) is 62.6 Å². The number of benzene rings is 1. The SMILES string of the molecule is NCC1(c2ccc3c(c2)OC2(CCCC2)O3)CCCC1. The summed E-state index contributed by atoms with van der Waals surface area (Å²) in [5.74, 6) is 1.50. The topological polar surface area (TPSA) is 44.5 Å². The molecule has 3 heteroatoms. The van der Waals surface area contributed by atoms with Gasteiger partial charge in [-0.05, 0) is 43.4 Å². The summed E-state index contributed by atoms with van der Waals surface area (Å²) in [4.78, 5) is 0. The second kappa shape index (κ2) is 4.39. The van der Waals surface area contributed by atoms with Gasteiger partial charge in [-0.15, -0.1) is 0 Å². The largest absolute Gasteiger partial charge is 0.448 e. The lowest BCUT2D eigenvalue weighted by molar-refractivity contribution is -0.0716. The average molecular weight is 273 g/mol. The van der Waals surface area contributed by atoms with Crippen LogP contribution in [0.3, 0.4) is 0 Å². The summed E-state index contributed by atoms with van der Waals surface area (Å²) in [6.07, 6.45) is 9.41. The molecule has 2 saturated carbocycles. The molecule has 0 saturated heterocycles. The molecule has 1 heterocycles. The van der Waals surface area contributed by atoms with Crippen molar-refractivity contribution in [3.63, 3.8) is 0 Å². The quantitative estimate of drug-likeness (QED) is 0.897. The zero-order valence-corrected chi connectivity index (χ0v) is 12.0. The maximum absolute atomic E-state index is 6.18. The third kappa shape index (κ3) is 1.76. The van der Waals surface area contributed by atoms with Gasteiger partial charge in [-0.1, -0.05) is 18.9 Å². The van der Waals surface area contributed by atoms with Gasteiger partial charge in [-0.25, -0.2) is 0 Å². The Labute approximate surface area is 120 Å². The molecule has 0 aromatic heterocycles. The van der Waals surface area contributed by atoms with Crippen LogP contribution in [0, 0.1) is 0 Å². The normalized spacial score (nSPS) is 25.4. The van der Waals surface area contributed by atoms with Gasteiger partial charge in [0, 0.05) is 24.8 Å². The second-order valence-corrected chi connectivity index (χ2v) is 6.67. The summed E-state index contributed by atoms with van der Waals surface area (Å²) in [5, 5.41) is 0. The standard InChI is InChI=1S/C17H23NO2/c18-12-16(7-1-2-8-16)13-5-6-14-15(11-13)20-17(19-14)9-3-4-10-17/h5-6,11H,1-4,7-10,12,18H2. The predicted octanol–water partition coefficient (Wildman–Crippen LogP) is 3.50. The first-order chi connectivity index (χ1) is 9.75. The van der Waals surface area contributed by atoms with E-state index in [1.54, 1.807) is 0 Å². The minimum Gasteiger partial charge on any atom is -0.448 e. The molecule has 0 unspecified atom stereocenters. The Morgan fingerprint density at radius 1 is 0.900 bits per heavy atom. The first-order valence-electron chi connectivity index (χ1n) is 7.98. The molecule has 1 aromatic carbocycles. The fourth-order valence-corrected chi connectivity index (χ4v) is 4.20. The third-order valence-electron chi connectivity index (χ3n) is 5.46. The van der Waals surface area contributed by atoms with Crippen LogP contribution in [0.5, 0.6) is 11.5 Å². The number of rotatable bonds is 2. The summed E-state index contributed by atoms with van der Waals surface area (Å²) < 4.78 is 12.3. The van der Waals surface area contributed by atoms with Gasteiger partial charge in [-0.3, -0.25) is 0 Å². The van der Waals surface area contributed by atoms with Crippen molar-refractivity contribution >= 4 is 0 Å². The lowest BCUT2D eigenvalue weighted by atomic mass is 9.79. The Morgan fingerprint density at radius 2 is 1.55 bits per heavy atom. The molecule has 4 rings (SSSR count). The van der Waals surface area contributed by atoms with Crippen LogP contribution >= 0.6 is 0 Å². The molecular weight excluding hydrogens is 250 g/mol. The molecule has 2 N–H and O–H groups in total. The van der Waals surface area contributed by atoms with Gasteiger partial charge in [-0.2, -0.15) is 0 Å². The summed E-state index contributed by atoms with van der Waals surface area (Å²) >= 11 is 0. The lowest BCUT2D eigenvalue weighted by Gasteiger charge is -2.28. The van der Waals surface area contributed by atoms with Gasteiger partial charge in [0.2, 0.25) is 0 Å². The first kappa shape index (κ1) is 12.5. The van der Waals surface area contributed by atoms with Crippen LogP contribution in [-0.4, -0.2) is 12.3 Å². The van der Waals surface area contributed by atoms with E-state index in [9.17, 15) is 0 Å². The molecular formula is C17H23NO2. The van der Waals surface area contributed by atoms with Crippen LogP contribution < -0.4 is 15.2 Å². The summed E-state index contributed by atoms with van der Waals surface area (Å²) in [7, 11) is 0. The Kier molecular flexibility index (Phi) is 2.75. The van der Waals surface area contributed by atoms with Crippen molar-refractivity contribution in [2.24, 2.45) is 5.73 Å². The summed E-state index contributed by atoms with van der Waals surface area (Å²) in [6, 6.07) is 6.49. The smallest absolute Gasteiger partial charge is 0.251 e. The molecule has 1 aromatic rings. The van der Waals surface area contributed by atoms with Crippen molar-refractivity contribution in [2.75, 3.05) is 6.54 Å². The van der Waals surface area contributed by atoms with Gasteiger partial charge >= 0.3 is 0 Å². The molecule has 0 radical (unpaired) electrons. The molecule has 0 atom stereocenters. The van der Waals surface area contributed by atoms with E-state index in [0.717, 1.165) is 30.9 Å². The highest BCUT2D eigenvalue weighted by molar-refractivity contribution is 5.48. The Bertz CT molecular complexity index is 514. The van der Waals surface area contributed by atoms with Crippen molar-refractivity contribution in [1.29, 1.82) is 0 Å².